The van der Waals surface area contributed by atoms with E-state index in [1.54, 1.807) is 7.05 Å². The Labute approximate surface area is 144 Å². The number of nitro groups is 1. The first-order valence-corrected chi connectivity index (χ1v) is 7.90. The molecular formula is C15H17ClN6O2. The number of nitrogens with one attached hydrogen (secondary N) is 1. The molecule has 1 aromatic carbocycles. The molecule has 1 N–H and O–H groups in total. The first-order valence-electron chi connectivity index (χ1n) is 7.52. The fraction of sp³-hybridized carbons (Fsp3) is 0.333. The summed E-state index contributed by atoms with van der Waals surface area (Å²) in [7, 11) is 1.61. The minimum absolute atomic E-state index is 0.0868. The third-order valence-electron chi connectivity index (χ3n) is 3.97. The van der Waals surface area contributed by atoms with Gasteiger partial charge in [-0.3, -0.25) is 10.1 Å². The molecular weight excluding hydrogens is 332 g/mol. The summed E-state index contributed by atoms with van der Waals surface area (Å²) in [6.07, 6.45) is 1.34. The highest BCUT2D eigenvalue weighted by Crippen LogP contribution is 2.32. The second kappa shape index (κ2) is 6.88. The lowest BCUT2D eigenvalue weighted by atomic mass is 10.2. The van der Waals surface area contributed by atoms with Crippen LogP contribution in [-0.4, -0.2) is 48.1 Å². The van der Waals surface area contributed by atoms with E-state index in [9.17, 15) is 10.1 Å². The number of hydrogen-bond donors (Lipinski definition) is 1. The van der Waals surface area contributed by atoms with Crippen molar-refractivity contribution in [1.82, 2.24) is 9.97 Å². The number of benzene rings is 1. The van der Waals surface area contributed by atoms with Crippen LogP contribution in [-0.2, 0) is 0 Å². The molecule has 0 aliphatic carbocycles. The lowest BCUT2D eigenvalue weighted by Gasteiger charge is -2.36. The van der Waals surface area contributed by atoms with Gasteiger partial charge in [-0.05, 0) is 18.2 Å². The molecule has 2 aromatic rings. The summed E-state index contributed by atoms with van der Waals surface area (Å²) in [6.45, 7) is 2.73. The van der Waals surface area contributed by atoms with Gasteiger partial charge in [0.1, 0.15) is 6.33 Å². The molecule has 1 aliphatic rings. The molecule has 0 atom stereocenters. The zero-order valence-electron chi connectivity index (χ0n) is 13.1. The second-order valence-corrected chi connectivity index (χ2v) is 5.79. The molecule has 24 heavy (non-hydrogen) atoms. The Morgan fingerprint density at radius 3 is 2.54 bits per heavy atom. The second-order valence-electron chi connectivity index (χ2n) is 5.36. The Hall–Kier alpha value is -2.61. The van der Waals surface area contributed by atoms with E-state index in [2.05, 4.69) is 20.2 Å². The number of anilines is 3. The minimum atomic E-state index is -0.440. The first-order chi connectivity index (χ1) is 11.6. The average molecular weight is 349 g/mol. The van der Waals surface area contributed by atoms with Crippen LogP contribution in [0, 0.1) is 10.1 Å². The Morgan fingerprint density at radius 2 is 1.92 bits per heavy atom. The highest BCUT2D eigenvalue weighted by Gasteiger charge is 2.28. The van der Waals surface area contributed by atoms with Crippen molar-refractivity contribution in [3.05, 3.63) is 45.7 Å². The summed E-state index contributed by atoms with van der Waals surface area (Å²) in [5, 5.41) is 14.8. The predicted molar refractivity (Wildman–Crippen MR) is 94.1 cm³/mol. The molecule has 1 fully saturated rings. The van der Waals surface area contributed by atoms with Crippen molar-refractivity contribution in [1.29, 1.82) is 0 Å². The van der Waals surface area contributed by atoms with Gasteiger partial charge in [-0.1, -0.05) is 17.7 Å². The van der Waals surface area contributed by atoms with E-state index < -0.39 is 4.92 Å². The van der Waals surface area contributed by atoms with Crippen LogP contribution in [0.3, 0.4) is 0 Å². The average Bonchev–Trinajstić information content (AvgIpc) is 2.61. The van der Waals surface area contributed by atoms with Crippen LogP contribution in [0.2, 0.25) is 5.02 Å². The predicted octanol–water partition coefficient (Wildman–Crippen LogP) is 2.41. The monoisotopic (exact) mass is 348 g/mol. The topological polar surface area (TPSA) is 87.4 Å². The lowest BCUT2D eigenvalue weighted by Crippen LogP contribution is -2.47. The number of nitrogens with zero attached hydrogens (tertiary/aromatic N) is 5. The van der Waals surface area contributed by atoms with Crippen molar-refractivity contribution in [2.24, 2.45) is 0 Å². The molecule has 1 aliphatic heterocycles. The molecule has 0 spiro atoms. The van der Waals surface area contributed by atoms with Gasteiger partial charge in [-0.2, -0.15) is 0 Å². The number of piperazine rings is 1. The van der Waals surface area contributed by atoms with Gasteiger partial charge < -0.3 is 15.1 Å². The molecule has 2 heterocycles. The van der Waals surface area contributed by atoms with Crippen LogP contribution in [0.25, 0.3) is 0 Å². The molecule has 9 heteroatoms. The van der Waals surface area contributed by atoms with Crippen molar-refractivity contribution < 1.29 is 4.92 Å². The minimum Gasteiger partial charge on any atom is -0.368 e. The standard InChI is InChI=1S/C15H17ClN6O2/c1-17-14-13(22(23)24)15(19-10-18-14)21-7-5-20(6-8-21)12-4-2-3-11(16)9-12/h2-4,9-10H,5-8H2,1H3,(H,17,18,19). The van der Waals surface area contributed by atoms with E-state index in [-0.39, 0.29) is 11.5 Å². The molecule has 0 bridgehead atoms. The van der Waals surface area contributed by atoms with Gasteiger partial charge in [0.25, 0.3) is 0 Å². The highest BCUT2D eigenvalue weighted by molar-refractivity contribution is 6.30. The van der Waals surface area contributed by atoms with Crippen molar-refractivity contribution in [2.75, 3.05) is 48.3 Å². The summed E-state index contributed by atoms with van der Waals surface area (Å²) >= 11 is 6.04. The molecule has 126 valence electrons. The SMILES string of the molecule is CNc1ncnc(N2CCN(c3cccc(Cl)c3)CC2)c1[N+](=O)[O-]. The summed E-state index contributed by atoms with van der Waals surface area (Å²) in [6, 6.07) is 7.68. The summed E-state index contributed by atoms with van der Waals surface area (Å²) < 4.78 is 0. The van der Waals surface area contributed by atoms with Crippen molar-refractivity contribution >= 4 is 34.6 Å². The van der Waals surface area contributed by atoms with E-state index in [0.29, 0.717) is 23.9 Å². The molecule has 3 rings (SSSR count). The molecule has 0 amide bonds. The van der Waals surface area contributed by atoms with Crippen LogP contribution in [0.4, 0.5) is 23.0 Å². The summed E-state index contributed by atoms with van der Waals surface area (Å²) in [5.74, 6) is 0.576. The lowest BCUT2D eigenvalue weighted by molar-refractivity contribution is -0.383. The molecule has 0 unspecified atom stereocenters. The largest absolute Gasteiger partial charge is 0.368 e. The molecule has 1 aromatic heterocycles. The maximum Gasteiger partial charge on any atom is 0.353 e. The zero-order valence-corrected chi connectivity index (χ0v) is 13.9. The molecule has 1 saturated heterocycles. The number of halogens is 1. The van der Waals surface area contributed by atoms with E-state index in [1.165, 1.54) is 6.33 Å². The van der Waals surface area contributed by atoms with Crippen LogP contribution in [0.5, 0.6) is 0 Å². The van der Waals surface area contributed by atoms with Gasteiger partial charge in [0.2, 0.25) is 11.6 Å². The van der Waals surface area contributed by atoms with Gasteiger partial charge in [-0.25, -0.2) is 9.97 Å². The summed E-state index contributed by atoms with van der Waals surface area (Å²) in [5.41, 5.74) is 0.964. The maximum absolute atomic E-state index is 11.4. The molecule has 0 saturated carbocycles. The van der Waals surface area contributed by atoms with Gasteiger partial charge in [0.05, 0.1) is 4.92 Å². The van der Waals surface area contributed by atoms with Crippen molar-refractivity contribution in [2.45, 2.75) is 0 Å². The normalized spacial score (nSPS) is 14.6. The van der Waals surface area contributed by atoms with E-state index in [4.69, 9.17) is 11.6 Å². The van der Waals surface area contributed by atoms with Gasteiger partial charge in [-0.15, -0.1) is 0 Å². The summed E-state index contributed by atoms with van der Waals surface area (Å²) in [4.78, 5) is 23.2. The van der Waals surface area contributed by atoms with Crippen molar-refractivity contribution in [3.8, 4) is 0 Å². The van der Waals surface area contributed by atoms with Crippen molar-refractivity contribution in [3.63, 3.8) is 0 Å². The molecule has 0 radical (unpaired) electrons. The Kier molecular flexibility index (Phi) is 4.66. The highest BCUT2D eigenvalue weighted by atomic mass is 35.5. The Bertz CT molecular complexity index is 748. The van der Waals surface area contributed by atoms with E-state index in [1.807, 2.05) is 29.2 Å². The smallest absolute Gasteiger partial charge is 0.353 e. The fourth-order valence-corrected chi connectivity index (χ4v) is 2.99. The third-order valence-corrected chi connectivity index (χ3v) is 4.21. The van der Waals surface area contributed by atoms with Gasteiger partial charge >= 0.3 is 5.69 Å². The number of hydrogen-bond acceptors (Lipinski definition) is 7. The van der Waals surface area contributed by atoms with Gasteiger partial charge in [0.15, 0.2) is 0 Å². The molecule has 8 nitrogen and oxygen atoms in total. The van der Waals surface area contributed by atoms with E-state index in [0.717, 1.165) is 18.8 Å². The number of aromatic nitrogens is 2. The van der Waals surface area contributed by atoms with E-state index >= 15 is 0 Å². The first kappa shape index (κ1) is 16.3. The zero-order chi connectivity index (χ0) is 17.1. The van der Waals surface area contributed by atoms with Crippen LogP contribution in [0.15, 0.2) is 30.6 Å². The quantitative estimate of drug-likeness (QED) is 0.670. The fourth-order valence-electron chi connectivity index (χ4n) is 2.80. The van der Waals surface area contributed by atoms with Crippen LogP contribution < -0.4 is 15.1 Å². The Balaban J connectivity index is 1.79. The number of rotatable bonds is 4. The third kappa shape index (κ3) is 3.18. The van der Waals surface area contributed by atoms with Gasteiger partial charge in [0, 0.05) is 43.9 Å². The van der Waals surface area contributed by atoms with Crippen LogP contribution >= 0.6 is 11.6 Å². The Morgan fingerprint density at radius 1 is 1.21 bits per heavy atom. The maximum atomic E-state index is 11.4. The van der Waals surface area contributed by atoms with Crippen LogP contribution in [0.1, 0.15) is 0 Å².